The molecular formula is C51H34N4. The van der Waals surface area contributed by atoms with Gasteiger partial charge in [-0.2, -0.15) is 0 Å². The highest BCUT2D eigenvalue weighted by molar-refractivity contribution is 6.10. The van der Waals surface area contributed by atoms with Gasteiger partial charge in [-0.05, 0) is 75.7 Å². The highest BCUT2D eigenvalue weighted by Gasteiger charge is 2.16. The summed E-state index contributed by atoms with van der Waals surface area (Å²) in [5.41, 5.74) is -7.52. The monoisotopic (exact) mass is 731 g/mol. The van der Waals surface area contributed by atoms with E-state index in [0.29, 0.717) is 0 Å². The molecule has 0 aliphatic heterocycles. The van der Waals surface area contributed by atoms with Crippen LogP contribution in [0.1, 0.15) is 39.8 Å². The highest BCUT2D eigenvalue weighted by Crippen LogP contribution is 2.36. The lowest BCUT2D eigenvalue weighted by Gasteiger charge is -2.11. The lowest BCUT2D eigenvalue weighted by Crippen LogP contribution is -2.00. The largest absolute Gasteiger partial charge is 0.309 e. The molecule has 0 saturated carbocycles. The van der Waals surface area contributed by atoms with Crippen LogP contribution in [0, 0.1) is 0 Å². The Labute approximate surface area is 360 Å². The van der Waals surface area contributed by atoms with Crippen molar-refractivity contribution in [3.63, 3.8) is 0 Å². The molecule has 55 heavy (non-hydrogen) atoms. The van der Waals surface area contributed by atoms with E-state index in [-0.39, 0.29) is 11.4 Å². The van der Waals surface area contributed by atoms with Gasteiger partial charge in [-0.25, -0.2) is 15.0 Å². The van der Waals surface area contributed by atoms with Crippen molar-refractivity contribution in [2.24, 2.45) is 0 Å². The van der Waals surface area contributed by atoms with Crippen LogP contribution in [-0.2, 0) is 0 Å². The molecule has 0 aliphatic rings. The number of para-hydroxylation sites is 1. The van der Waals surface area contributed by atoms with Crippen molar-refractivity contribution in [3.8, 4) is 73.2 Å². The normalized spacial score (nSPS) is 18.7. The van der Waals surface area contributed by atoms with Crippen molar-refractivity contribution in [2.45, 2.75) is 0 Å². The maximum Gasteiger partial charge on any atom is 0.164 e. The van der Waals surface area contributed by atoms with E-state index in [2.05, 4.69) is 15.0 Å². The summed E-state index contributed by atoms with van der Waals surface area (Å²) in [5.74, 6) is -1.64. The van der Waals surface area contributed by atoms with Gasteiger partial charge in [0.15, 0.2) is 17.5 Å². The fourth-order valence-electron chi connectivity index (χ4n) is 5.57. The minimum atomic E-state index is -1.00. The van der Waals surface area contributed by atoms with Gasteiger partial charge in [0, 0.05) is 33.2 Å². The molecule has 0 bridgehead atoms. The summed E-state index contributed by atoms with van der Waals surface area (Å²) < 4.78 is 258. The van der Waals surface area contributed by atoms with Gasteiger partial charge in [0.1, 0.15) is 0 Å². The number of nitrogens with zero attached hydrogens (tertiary/aromatic N) is 4. The van der Waals surface area contributed by atoms with Crippen LogP contribution in [0.2, 0.25) is 0 Å². The number of fused-ring (bicyclic) bond motifs is 3. The van der Waals surface area contributed by atoms with E-state index < -0.39 is 259 Å². The SMILES string of the molecule is [2H]c1c([2H])c([2H])c(-c2c([2H])c([2H])c(-c3c([2H])c([2H])c(-c4nc(-c5ccccc5)nc(-c5c([2H])c([2H])c(-n6c7c([2H])c([2H])c([2H])c([2H])c7c7c([2H])c(-c8c([2H])c([2H])c([2H])c([2H])c8[2H])c([2H])c([2H])c76)c([2H])c5[2H])n4)c([2H])c3[2H])c([2H])c2[2H])c([2H])c1[2H]. The van der Waals surface area contributed by atoms with Gasteiger partial charge < -0.3 is 4.57 Å². The van der Waals surface area contributed by atoms with Crippen LogP contribution in [0.15, 0.2) is 206 Å². The van der Waals surface area contributed by atoms with Crippen LogP contribution in [0.5, 0.6) is 0 Å². The molecule has 0 aliphatic carbocycles. The minimum Gasteiger partial charge on any atom is -0.309 e. The van der Waals surface area contributed by atoms with Crippen molar-refractivity contribution in [2.75, 3.05) is 0 Å². The fraction of sp³-hybridized carbons (Fsp3) is 0. The average Bonchev–Trinajstić information content (AvgIpc) is 2.36. The second kappa shape index (κ2) is 13.8. The number of rotatable bonds is 7. The van der Waals surface area contributed by atoms with Crippen molar-refractivity contribution in [1.29, 1.82) is 0 Å². The summed E-state index contributed by atoms with van der Waals surface area (Å²) in [7, 11) is 0. The highest BCUT2D eigenvalue weighted by atomic mass is 15.0. The van der Waals surface area contributed by atoms with E-state index in [9.17, 15) is 15.1 Å². The van der Waals surface area contributed by atoms with Gasteiger partial charge in [0.2, 0.25) is 0 Å². The Morgan fingerprint density at radius 2 is 0.745 bits per heavy atom. The van der Waals surface area contributed by atoms with Crippen LogP contribution in [-0.4, -0.2) is 19.5 Å². The topological polar surface area (TPSA) is 43.6 Å². The fourth-order valence-corrected chi connectivity index (χ4v) is 5.57. The molecule has 0 N–H and O–H groups in total. The first-order valence-corrected chi connectivity index (χ1v) is 16.2. The lowest BCUT2D eigenvalue weighted by atomic mass is 9.99. The van der Waals surface area contributed by atoms with Crippen LogP contribution in [0.3, 0.4) is 0 Å². The molecule has 10 aromatic rings. The smallest absolute Gasteiger partial charge is 0.164 e. The van der Waals surface area contributed by atoms with E-state index in [1.54, 1.807) is 18.2 Å². The van der Waals surface area contributed by atoms with E-state index in [0.717, 1.165) is 4.57 Å². The Kier molecular flexibility index (Phi) is 3.55. The number of benzene rings is 8. The molecule has 0 amide bonds. The van der Waals surface area contributed by atoms with Gasteiger partial charge in [0.25, 0.3) is 0 Å². The summed E-state index contributed by atoms with van der Waals surface area (Å²) in [5, 5.41) is -1.09. The maximum atomic E-state index is 9.54. The minimum absolute atomic E-state index is 0.201. The summed E-state index contributed by atoms with van der Waals surface area (Å²) in [6, 6.07) is -18.4. The molecule has 8 aromatic carbocycles. The molecule has 10 rings (SSSR count). The molecule has 0 radical (unpaired) electrons. The second-order valence-corrected chi connectivity index (χ2v) is 11.4. The van der Waals surface area contributed by atoms with Gasteiger partial charge in [-0.1, -0.05) is 163 Å². The van der Waals surface area contributed by atoms with Gasteiger partial charge in [0.05, 0.1) is 50.8 Å². The number of hydrogen-bond acceptors (Lipinski definition) is 3. The molecule has 0 saturated heterocycles. The van der Waals surface area contributed by atoms with Crippen molar-refractivity contribution >= 4 is 21.8 Å². The van der Waals surface area contributed by atoms with Crippen LogP contribution >= 0.6 is 0 Å². The third-order valence-electron chi connectivity index (χ3n) is 8.11. The molecule has 4 nitrogen and oxygen atoms in total. The van der Waals surface area contributed by atoms with Crippen molar-refractivity contribution < 1.29 is 39.8 Å². The molecule has 258 valence electrons. The Balaban J connectivity index is 1.23. The third kappa shape index (κ3) is 6.16. The molecule has 2 heterocycles. The van der Waals surface area contributed by atoms with Gasteiger partial charge in [-0.15, -0.1) is 0 Å². The maximum absolute atomic E-state index is 9.54. The van der Waals surface area contributed by atoms with E-state index in [1.165, 1.54) is 12.1 Å². The molecule has 0 fully saturated rings. The summed E-state index contributed by atoms with van der Waals surface area (Å²) >= 11 is 0. The zero-order valence-corrected chi connectivity index (χ0v) is 27.7. The second-order valence-electron chi connectivity index (χ2n) is 11.4. The first kappa shape index (κ1) is 14.1. The Hall–Kier alpha value is -7.43. The molecule has 0 atom stereocenters. The zero-order chi connectivity index (χ0) is 61.8. The van der Waals surface area contributed by atoms with Gasteiger partial charge >= 0.3 is 0 Å². The standard InChI is InChI=1S/C51H34N4/c1-4-12-35(13-5-1)37-20-22-38(23-21-37)39-24-26-41(27-25-39)50-52-49(40-16-8-3-9-17-40)53-51(54-50)42-28-31-44(32-29-42)55-47-19-11-10-18-45(47)46-34-43(30-33-48(46)55)36-14-6-2-7-15-36/h1-34H/i1D,2D,4D,5D,6D,7D,10D,11D,12D,13D,14D,15D,18D,19D,20D,21D,22D,23D,24D,25D,26D,27D,28D,29D,30D,31D,32D,33D,34D. The van der Waals surface area contributed by atoms with Crippen molar-refractivity contribution in [3.05, 3.63) is 206 Å². The van der Waals surface area contributed by atoms with E-state index in [1.807, 2.05) is 0 Å². The molecular weight excluding hydrogens is 669 g/mol. The predicted octanol–water partition coefficient (Wildman–Crippen LogP) is 13.0. The molecule has 4 heteroatoms. The average molecular weight is 732 g/mol. The van der Waals surface area contributed by atoms with E-state index in [4.69, 9.17) is 24.7 Å². The lowest BCUT2D eigenvalue weighted by molar-refractivity contribution is 1.07. The first-order valence-electron chi connectivity index (χ1n) is 30.7. The predicted molar refractivity (Wildman–Crippen MR) is 227 cm³/mol. The van der Waals surface area contributed by atoms with Crippen LogP contribution < -0.4 is 0 Å². The molecule has 2 aromatic heterocycles. The Morgan fingerprint density at radius 1 is 0.327 bits per heavy atom. The zero-order valence-electron chi connectivity index (χ0n) is 56.7. The summed E-state index contributed by atoms with van der Waals surface area (Å²) in [6.07, 6.45) is 0. The van der Waals surface area contributed by atoms with Crippen LogP contribution in [0.25, 0.3) is 95.0 Å². The molecule has 0 unspecified atom stereocenters. The number of hydrogen-bond donors (Lipinski definition) is 0. The molecule has 0 spiro atoms. The summed E-state index contributed by atoms with van der Waals surface area (Å²) in [4.78, 5) is 13.3. The van der Waals surface area contributed by atoms with Crippen LogP contribution in [0.4, 0.5) is 0 Å². The number of aromatic nitrogens is 4. The van der Waals surface area contributed by atoms with Gasteiger partial charge in [-0.3, -0.25) is 0 Å². The van der Waals surface area contributed by atoms with E-state index >= 15 is 0 Å². The Bertz CT molecular complexity index is 4510. The summed E-state index contributed by atoms with van der Waals surface area (Å²) in [6.45, 7) is 0. The third-order valence-corrected chi connectivity index (χ3v) is 8.11. The first-order chi connectivity index (χ1) is 39.3. The Morgan fingerprint density at radius 3 is 1.33 bits per heavy atom. The quantitative estimate of drug-likeness (QED) is 0.164. The van der Waals surface area contributed by atoms with Crippen molar-refractivity contribution in [1.82, 2.24) is 19.5 Å².